The minimum Gasteiger partial charge on any atom is -0.353 e. The maximum Gasteiger partial charge on any atom is 0.0666 e. The largest absolute Gasteiger partial charge is 0.353 e. The number of rotatable bonds is 2. The van der Waals surface area contributed by atoms with E-state index in [-0.39, 0.29) is 0 Å². The molecule has 61 valence electrons. The molecule has 2 aromatic rings. The Labute approximate surface area is 71.4 Å². The Morgan fingerprint density at radius 3 is 3.00 bits per heavy atom. The Hall–Kier alpha value is -1.28. The molecule has 3 N–H and O–H groups in total. The normalized spacial score (nSPS) is 10.8. The highest BCUT2D eigenvalue weighted by atomic mass is 14.7. The molecule has 12 heavy (non-hydrogen) atoms. The topological polar surface area (TPSA) is 41.8 Å². The van der Waals surface area contributed by atoms with Crippen LogP contribution in [-0.4, -0.2) is 11.5 Å². The number of hydrogen-bond donors (Lipinski definition) is 2. The van der Waals surface area contributed by atoms with Crippen molar-refractivity contribution in [3.8, 4) is 0 Å². The average molecular weight is 159 g/mol. The monoisotopic (exact) mass is 159 g/mol. The third-order valence-corrected chi connectivity index (χ3v) is 1.99. The fourth-order valence-electron chi connectivity index (χ4n) is 1.41. The molecule has 0 spiro atoms. The van der Waals surface area contributed by atoms with Crippen LogP contribution >= 0.6 is 0 Å². The number of fused-ring (bicyclic) bond motifs is 1. The van der Waals surface area contributed by atoms with Crippen molar-refractivity contribution in [2.45, 2.75) is 6.42 Å². The van der Waals surface area contributed by atoms with Gasteiger partial charge in [0, 0.05) is 10.9 Å². The highest BCUT2D eigenvalue weighted by Crippen LogP contribution is 2.16. The van der Waals surface area contributed by atoms with E-state index in [0.717, 1.165) is 11.9 Å². The number of para-hydroxylation sites is 1. The van der Waals surface area contributed by atoms with Crippen LogP contribution in [0, 0.1) is 6.20 Å². The minimum atomic E-state index is 0.679. The fourth-order valence-corrected chi connectivity index (χ4v) is 1.41. The third kappa shape index (κ3) is 1.10. The van der Waals surface area contributed by atoms with Gasteiger partial charge in [-0.15, -0.1) is 0 Å². The molecule has 2 rings (SSSR count). The third-order valence-electron chi connectivity index (χ3n) is 1.99. The standard InChI is InChI=1S/C10H11N2/c11-6-5-8-7-12-10-4-2-1-3-9(8)10/h1-4,12H,5-6,11H2. The number of benzene rings is 1. The van der Waals surface area contributed by atoms with Gasteiger partial charge in [0.2, 0.25) is 0 Å². The zero-order chi connectivity index (χ0) is 8.39. The summed E-state index contributed by atoms with van der Waals surface area (Å²) in [5, 5.41) is 1.24. The first kappa shape index (κ1) is 7.37. The zero-order valence-corrected chi connectivity index (χ0v) is 6.80. The van der Waals surface area contributed by atoms with Gasteiger partial charge in [-0.3, -0.25) is 0 Å². The highest BCUT2D eigenvalue weighted by Gasteiger charge is 2.00. The summed E-state index contributed by atoms with van der Waals surface area (Å²) >= 11 is 0. The first-order valence-corrected chi connectivity index (χ1v) is 4.09. The number of nitrogens with two attached hydrogens (primary N) is 1. The van der Waals surface area contributed by atoms with E-state index in [1.807, 2.05) is 18.2 Å². The van der Waals surface area contributed by atoms with Crippen molar-refractivity contribution in [2.75, 3.05) is 6.54 Å². The average Bonchev–Trinajstić information content (AvgIpc) is 2.50. The molecule has 1 aromatic heterocycles. The first-order valence-electron chi connectivity index (χ1n) is 4.09. The molecule has 1 aromatic carbocycles. The number of aromatic amines is 1. The molecule has 0 saturated heterocycles. The lowest BCUT2D eigenvalue weighted by atomic mass is 10.1. The van der Waals surface area contributed by atoms with Crippen molar-refractivity contribution in [1.29, 1.82) is 0 Å². The summed E-state index contributed by atoms with van der Waals surface area (Å²) in [5.74, 6) is 0. The Bertz CT molecular complexity index is 376. The van der Waals surface area contributed by atoms with Crippen LogP contribution < -0.4 is 5.73 Å². The summed E-state index contributed by atoms with van der Waals surface area (Å²) in [7, 11) is 0. The van der Waals surface area contributed by atoms with E-state index in [1.54, 1.807) is 0 Å². The highest BCUT2D eigenvalue weighted by molar-refractivity contribution is 5.82. The number of nitrogens with one attached hydrogen (secondary N) is 1. The van der Waals surface area contributed by atoms with Crippen LogP contribution in [0.5, 0.6) is 0 Å². The minimum absolute atomic E-state index is 0.679. The maximum absolute atomic E-state index is 5.48. The molecule has 0 fully saturated rings. The van der Waals surface area contributed by atoms with Gasteiger partial charge in [-0.05, 0) is 24.6 Å². The molecule has 0 unspecified atom stereocenters. The van der Waals surface area contributed by atoms with E-state index >= 15 is 0 Å². The Morgan fingerprint density at radius 1 is 1.33 bits per heavy atom. The van der Waals surface area contributed by atoms with E-state index in [0.29, 0.717) is 6.54 Å². The molecule has 0 atom stereocenters. The van der Waals surface area contributed by atoms with E-state index in [1.165, 1.54) is 10.9 Å². The van der Waals surface area contributed by atoms with Gasteiger partial charge >= 0.3 is 0 Å². The summed E-state index contributed by atoms with van der Waals surface area (Å²) in [6.07, 6.45) is 4.00. The van der Waals surface area contributed by atoms with Crippen molar-refractivity contribution in [3.05, 3.63) is 36.0 Å². The van der Waals surface area contributed by atoms with Gasteiger partial charge in [-0.1, -0.05) is 18.2 Å². The lowest BCUT2D eigenvalue weighted by Crippen LogP contribution is -2.01. The van der Waals surface area contributed by atoms with Gasteiger partial charge in [0.1, 0.15) is 0 Å². The van der Waals surface area contributed by atoms with Gasteiger partial charge in [0.15, 0.2) is 0 Å². The quantitative estimate of drug-likeness (QED) is 0.684. The van der Waals surface area contributed by atoms with Gasteiger partial charge in [0.05, 0.1) is 6.20 Å². The van der Waals surface area contributed by atoms with Crippen LogP contribution in [-0.2, 0) is 6.42 Å². The fraction of sp³-hybridized carbons (Fsp3) is 0.200. The lowest BCUT2D eigenvalue weighted by Gasteiger charge is -1.93. The molecular weight excluding hydrogens is 148 g/mol. The molecular formula is C10H11N2. The van der Waals surface area contributed by atoms with Gasteiger partial charge in [0.25, 0.3) is 0 Å². The number of hydrogen-bond acceptors (Lipinski definition) is 1. The predicted molar refractivity (Wildman–Crippen MR) is 49.9 cm³/mol. The van der Waals surface area contributed by atoms with Crippen LogP contribution in [0.15, 0.2) is 24.3 Å². The summed E-state index contributed by atoms with van der Waals surface area (Å²) in [4.78, 5) is 3.09. The molecule has 2 nitrogen and oxygen atoms in total. The van der Waals surface area contributed by atoms with Crippen LogP contribution in [0.3, 0.4) is 0 Å². The second kappa shape index (κ2) is 2.99. The molecule has 0 saturated carbocycles. The van der Waals surface area contributed by atoms with E-state index in [2.05, 4.69) is 17.2 Å². The molecule has 0 aliphatic rings. The van der Waals surface area contributed by atoms with Crippen molar-refractivity contribution in [2.24, 2.45) is 5.73 Å². The van der Waals surface area contributed by atoms with E-state index in [4.69, 9.17) is 5.73 Å². The summed E-state index contributed by atoms with van der Waals surface area (Å²) in [6.45, 7) is 0.679. The van der Waals surface area contributed by atoms with Crippen LogP contribution in [0.25, 0.3) is 10.9 Å². The Balaban J connectivity index is 2.55. The molecule has 0 bridgehead atoms. The lowest BCUT2D eigenvalue weighted by molar-refractivity contribution is 0.974. The van der Waals surface area contributed by atoms with Crippen LogP contribution in [0.4, 0.5) is 0 Å². The molecule has 2 heteroatoms. The van der Waals surface area contributed by atoms with Crippen LogP contribution in [0.2, 0.25) is 0 Å². The van der Waals surface area contributed by atoms with E-state index < -0.39 is 0 Å². The second-order valence-corrected chi connectivity index (χ2v) is 2.81. The molecule has 1 radical (unpaired) electrons. The molecule has 1 heterocycles. The molecule has 0 amide bonds. The van der Waals surface area contributed by atoms with Crippen molar-refractivity contribution in [1.82, 2.24) is 4.98 Å². The van der Waals surface area contributed by atoms with Gasteiger partial charge < -0.3 is 10.7 Å². The SMILES string of the molecule is NCCc1[c][nH]c2ccccc12. The summed E-state index contributed by atoms with van der Waals surface area (Å²) < 4.78 is 0. The van der Waals surface area contributed by atoms with Crippen molar-refractivity contribution >= 4 is 10.9 Å². The van der Waals surface area contributed by atoms with Gasteiger partial charge in [-0.25, -0.2) is 0 Å². The van der Waals surface area contributed by atoms with Gasteiger partial charge in [-0.2, -0.15) is 0 Å². The number of aromatic nitrogens is 1. The summed E-state index contributed by atoms with van der Waals surface area (Å²) in [6, 6.07) is 8.18. The molecule has 0 aliphatic heterocycles. The Kier molecular flexibility index (Phi) is 1.84. The molecule has 0 aliphatic carbocycles. The second-order valence-electron chi connectivity index (χ2n) is 2.81. The van der Waals surface area contributed by atoms with Crippen molar-refractivity contribution < 1.29 is 0 Å². The predicted octanol–water partition coefficient (Wildman–Crippen LogP) is 1.47. The van der Waals surface area contributed by atoms with Crippen molar-refractivity contribution in [3.63, 3.8) is 0 Å². The Morgan fingerprint density at radius 2 is 2.17 bits per heavy atom. The zero-order valence-electron chi connectivity index (χ0n) is 6.80. The first-order chi connectivity index (χ1) is 5.92. The smallest absolute Gasteiger partial charge is 0.0666 e. The summed E-state index contributed by atoms with van der Waals surface area (Å²) in [5.41, 5.74) is 7.80. The maximum atomic E-state index is 5.48. The van der Waals surface area contributed by atoms with Crippen LogP contribution in [0.1, 0.15) is 5.56 Å². The number of H-pyrrole nitrogens is 1. The van der Waals surface area contributed by atoms with E-state index in [9.17, 15) is 0 Å².